The molecular formula is C21H30N2O7. The molecule has 0 bridgehead atoms. The molecular weight excluding hydrogens is 392 g/mol. The predicted octanol–water partition coefficient (Wildman–Crippen LogP) is 2.74. The van der Waals surface area contributed by atoms with Gasteiger partial charge in [0.05, 0.1) is 18.0 Å². The molecule has 0 aromatic heterocycles. The summed E-state index contributed by atoms with van der Waals surface area (Å²) in [6.45, 7) is 7.23. The largest absolute Gasteiger partial charge is 0.481 e. The number of rotatable bonds is 6. The highest BCUT2D eigenvalue weighted by atomic mass is 16.6. The molecule has 0 heterocycles. The van der Waals surface area contributed by atoms with Crippen LogP contribution in [-0.4, -0.2) is 40.9 Å². The van der Waals surface area contributed by atoms with Crippen molar-refractivity contribution in [2.45, 2.75) is 53.0 Å². The first-order chi connectivity index (χ1) is 13.8. The molecule has 0 saturated heterocycles. The Bertz CT molecular complexity index is 804. The highest BCUT2D eigenvalue weighted by Gasteiger charge is 2.56. The van der Waals surface area contributed by atoms with Gasteiger partial charge >= 0.3 is 11.9 Å². The van der Waals surface area contributed by atoms with Gasteiger partial charge in [0, 0.05) is 17.5 Å². The zero-order valence-electron chi connectivity index (χ0n) is 18.0. The summed E-state index contributed by atoms with van der Waals surface area (Å²) in [5.74, 6) is -1.57. The maximum absolute atomic E-state index is 11.6. The van der Waals surface area contributed by atoms with E-state index >= 15 is 0 Å². The Hall–Kier alpha value is -2.81. The molecule has 1 aromatic rings. The number of hydrogen-bond acceptors (Lipinski definition) is 7. The molecule has 9 nitrogen and oxygen atoms in total. The quantitative estimate of drug-likeness (QED) is 0.403. The van der Waals surface area contributed by atoms with Crippen LogP contribution in [0.1, 0.15) is 46.1 Å². The first-order valence-corrected chi connectivity index (χ1v) is 9.58. The number of ether oxygens (including phenoxy) is 1. The van der Waals surface area contributed by atoms with Crippen LogP contribution < -0.4 is 5.73 Å². The lowest BCUT2D eigenvalue weighted by atomic mass is 9.64. The van der Waals surface area contributed by atoms with Crippen molar-refractivity contribution in [1.82, 2.24) is 0 Å². The summed E-state index contributed by atoms with van der Waals surface area (Å²) in [4.78, 5) is 43.5. The summed E-state index contributed by atoms with van der Waals surface area (Å²) in [5, 5.41) is 19.4. The Morgan fingerprint density at radius 3 is 2.13 bits per heavy atom. The minimum Gasteiger partial charge on any atom is -0.481 e. The van der Waals surface area contributed by atoms with E-state index in [-0.39, 0.29) is 11.5 Å². The van der Waals surface area contributed by atoms with Gasteiger partial charge in [0.2, 0.25) is 0 Å². The molecule has 1 saturated carbocycles. The number of methoxy groups -OCH3 is 1. The van der Waals surface area contributed by atoms with Crippen molar-refractivity contribution >= 4 is 23.4 Å². The Kier molecular flexibility index (Phi) is 8.24. The molecule has 1 aliphatic carbocycles. The average molecular weight is 422 g/mol. The van der Waals surface area contributed by atoms with Gasteiger partial charge in [-0.2, -0.15) is 0 Å². The lowest BCUT2D eigenvalue weighted by molar-refractivity contribution is -0.384. The van der Waals surface area contributed by atoms with E-state index < -0.39 is 39.7 Å². The fraction of sp³-hybridized carbons (Fsp3) is 0.571. The van der Waals surface area contributed by atoms with E-state index in [4.69, 9.17) is 10.8 Å². The number of carboxylic acid groups (broad SMARTS) is 1. The van der Waals surface area contributed by atoms with Gasteiger partial charge < -0.3 is 15.6 Å². The van der Waals surface area contributed by atoms with Crippen molar-refractivity contribution in [1.29, 1.82) is 0 Å². The Balaban J connectivity index is 0.000000303. The van der Waals surface area contributed by atoms with Crippen LogP contribution in [0.15, 0.2) is 24.3 Å². The van der Waals surface area contributed by atoms with Crippen LogP contribution >= 0.6 is 0 Å². The molecule has 1 unspecified atom stereocenters. The third kappa shape index (κ3) is 5.41. The number of non-ortho nitro benzene ring substituents is 1. The summed E-state index contributed by atoms with van der Waals surface area (Å²) in [6.07, 6.45) is 1.59. The maximum atomic E-state index is 11.6. The smallest absolute Gasteiger partial charge is 0.322 e. The number of ketones is 1. The van der Waals surface area contributed by atoms with Gasteiger partial charge in [-0.15, -0.1) is 0 Å². The number of nitro benzene ring substituents is 1. The van der Waals surface area contributed by atoms with Crippen LogP contribution in [0.2, 0.25) is 0 Å². The summed E-state index contributed by atoms with van der Waals surface area (Å²) >= 11 is 0. The molecule has 166 valence electrons. The summed E-state index contributed by atoms with van der Waals surface area (Å²) < 4.78 is 4.47. The van der Waals surface area contributed by atoms with Crippen LogP contribution in [0.25, 0.3) is 0 Å². The standard InChI is InChI=1S/C11H18O3.C10H12N2O4/c1-7(12)11(4)6-5-8(9(13)14)10(11,2)3;1-16-10(13)9(11)6-7-2-4-8(5-3-7)12(14)15/h8H,5-6H2,1-4H3,(H,13,14);2-5,9H,6,11H2,1H3/t8-,11+;/m1./s1. The Morgan fingerprint density at radius 1 is 1.27 bits per heavy atom. The molecule has 1 aromatic carbocycles. The SMILES string of the molecule is CC(=O)[C@]1(C)CC[C@H](C(=O)O)C1(C)C.COC(=O)C(N)Cc1ccc([N+](=O)[O-])cc1. The first kappa shape index (κ1) is 25.2. The van der Waals surface area contributed by atoms with Crippen molar-refractivity contribution < 1.29 is 29.2 Å². The van der Waals surface area contributed by atoms with Crippen molar-refractivity contribution in [3.05, 3.63) is 39.9 Å². The molecule has 1 fully saturated rings. The van der Waals surface area contributed by atoms with Crippen molar-refractivity contribution in [2.75, 3.05) is 7.11 Å². The highest BCUT2D eigenvalue weighted by Crippen LogP contribution is 2.56. The zero-order chi connectivity index (χ0) is 23.3. The topological polar surface area (TPSA) is 150 Å². The maximum Gasteiger partial charge on any atom is 0.322 e. The van der Waals surface area contributed by atoms with Gasteiger partial charge in [-0.25, -0.2) is 0 Å². The van der Waals surface area contributed by atoms with Crippen LogP contribution in [0, 0.1) is 26.9 Å². The van der Waals surface area contributed by atoms with Gasteiger partial charge in [0.15, 0.2) is 0 Å². The normalized spacial score (nSPS) is 22.9. The van der Waals surface area contributed by atoms with Crippen molar-refractivity contribution in [2.24, 2.45) is 22.5 Å². The molecule has 3 N–H and O–H groups in total. The van der Waals surface area contributed by atoms with E-state index in [0.717, 1.165) is 5.56 Å². The number of carbonyl (C=O) groups excluding carboxylic acids is 2. The van der Waals surface area contributed by atoms with Gasteiger partial charge in [-0.1, -0.05) is 32.9 Å². The number of nitrogens with zero attached hydrogens (tertiary/aromatic N) is 1. The first-order valence-electron chi connectivity index (χ1n) is 9.58. The minimum absolute atomic E-state index is 0.00962. The summed E-state index contributed by atoms with van der Waals surface area (Å²) in [5.41, 5.74) is 5.40. The van der Waals surface area contributed by atoms with E-state index in [1.807, 2.05) is 20.8 Å². The lowest BCUT2D eigenvalue weighted by Gasteiger charge is -2.38. The number of aliphatic carboxylic acids is 1. The van der Waals surface area contributed by atoms with Crippen molar-refractivity contribution in [3.63, 3.8) is 0 Å². The molecule has 0 amide bonds. The van der Waals surface area contributed by atoms with E-state index in [1.165, 1.54) is 19.2 Å². The predicted molar refractivity (Wildman–Crippen MR) is 110 cm³/mol. The molecule has 0 aliphatic heterocycles. The minimum atomic E-state index is -0.778. The van der Waals surface area contributed by atoms with Crippen LogP contribution in [0.3, 0.4) is 0 Å². The van der Waals surface area contributed by atoms with E-state index in [2.05, 4.69) is 4.74 Å². The summed E-state index contributed by atoms with van der Waals surface area (Å²) in [6, 6.07) is 5.15. The van der Waals surface area contributed by atoms with Crippen LogP contribution in [-0.2, 0) is 25.5 Å². The molecule has 0 radical (unpaired) electrons. The number of Topliss-reactive ketones (excluding diaryl/α,β-unsaturated/α-hetero) is 1. The number of esters is 1. The third-order valence-corrected chi connectivity index (χ3v) is 6.41. The van der Waals surface area contributed by atoms with Crippen molar-refractivity contribution in [3.8, 4) is 0 Å². The number of hydrogen-bond donors (Lipinski definition) is 2. The monoisotopic (exact) mass is 422 g/mol. The lowest BCUT2D eigenvalue weighted by Crippen LogP contribution is -2.41. The second kappa shape index (κ2) is 9.80. The van der Waals surface area contributed by atoms with Gasteiger partial charge in [0.1, 0.15) is 11.8 Å². The van der Waals surface area contributed by atoms with E-state index in [0.29, 0.717) is 19.3 Å². The number of carboxylic acids is 1. The molecule has 1 aliphatic rings. The van der Waals surface area contributed by atoms with Gasteiger partial charge in [-0.3, -0.25) is 24.5 Å². The fourth-order valence-electron chi connectivity index (χ4n) is 3.80. The highest BCUT2D eigenvalue weighted by molar-refractivity contribution is 5.85. The fourth-order valence-corrected chi connectivity index (χ4v) is 3.80. The van der Waals surface area contributed by atoms with Gasteiger partial charge in [-0.05, 0) is 37.2 Å². The van der Waals surface area contributed by atoms with E-state index in [9.17, 15) is 24.5 Å². The third-order valence-electron chi connectivity index (χ3n) is 6.41. The second-order valence-corrected chi connectivity index (χ2v) is 8.30. The Labute approximate surface area is 175 Å². The van der Waals surface area contributed by atoms with Gasteiger partial charge in [0.25, 0.3) is 5.69 Å². The number of nitrogens with two attached hydrogens (primary N) is 1. The van der Waals surface area contributed by atoms with Crippen LogP contribution in [0.5, 0.6) is 0 Å². The Morgan fingerprint density at radius 2 is 1.80 bits per heavy atom. The molecule has 30 heavy (non-hydrogen) atoms. The summed E-state index contributed by atoms with van der Waals surface area (Å²) in [7, 11) is 1.26. The number of carbonyl (C=O) groups is 3. The number of benzene rings is 1. The average Bonchev–Trinajstić information content (AvgIpc) is 2.92. The molecule has 9 heteroatoms. The van der Waals surface area contributed by atoms with Crippen LogP contribution in [0.4, 0.5) is 5.69 Å². The molecule has 0 spiro atoms. The zero-order valence-corrected chi connectivity index (χ0v) is 18.0. The second-order valence-electron chi connectivity index (χ2n) is 8.30. The molecule has 2 rings (SSSR count). The molecule has 3 atom stereocenters. The number of nitro groups is 1. The van der Waals surface area contributed by atoms with E-state index in [1.54, 1.807) is 19.1 Å².